The molecule has 0 saturated heterocycles. The molecule has 0 aliphatic heterocycles. The van der Waals surface area contributed by atoms with Crippen molar-refractivity contribution in [2.24, 2.45) is 0 Å². The summed E-state index contributed by atoms with van der Waals surface area (Å²) in [5.41, 5.74) is 3.12. The first kappa shape index (κ1) is 14.5. The van der Waals surface area contributed by atoms with Crippen molar-refractivity contribution in [1.82, 2.24) is 4.98 Å². The van der Waals surface area contributed by atoms with Gasteiger partial charge in [0, 0.05) is 17.4 Å². The first-order chi connectivity index (χ1) is 10.8. The van der Waals surface area contributed by atoms with Gasteiger partial charge in [0.1, 0.15) is 0 Å². The van der Waals surface area contributed by atoms with Gasteiger partial charge in [-0.3, -0.25) is 4.79 Å². The second-order valence-corrected chi connectivity index (χ2v) is 5.80. The first-order valence-corrected chi connectivity index (χ1v) is 8.04. The molecule has 110 valence electrons. The molecular formula is C18H16N2OS. The molecule has 0 radical (unpaired) electrons. The Labute approximate surface area is 133 Å². The van der Waals surface area contributed by atoms with E-state index < -0.39 is 0 Å². The summed E-state index contributed by atoms with van der Waals surface area (Å²) in [5.74, 6) is -0.00202. The standard InChI is InChI=1S/C18H16N2OS/c21-17(12-11-14-7-3-1-4-8-14)20-18-19-16(13-22-18)15-9-5-2-6-10-15/h1-10,13H,11-12H2,(H,19,20,21). The molecule has 1 heterocycles. The Morgan fingerprint density at radius 1 is 1.00 bits per heavy atom. The molecule has 0 spiro atoms. The van der Waals surface area contributed by atoms with E-state index in [9.17, 15) is 4.79 Å². The zero-order valence-electron chi connectivity index (χ0n) is 12.0. The van der Waals surface area contributed by atoms with Crippen molar-refractivity contribution in [3.05, 3.63) is 71.6 Å². The van der Waals surface area contributed by atoms with Gasteiger partial charge in [0.15, 0.2) is 5.13 Å². The topological polar surface area (TPSA) is 42.0 Å². The van der Waals surface area contributed by atoms with Crippen molar-refractivity contribution in [2.75, 3.05) is 5.32 Å². The zero-order valence-corrected chi connectivity index (χ0v) is 12.8. The molecule has 1 N–H and O–H groups in total. The SMILES string of the molecule is O=C(CCc1ccccc1)Nc1nc(-c2ccccc2)cs1. The average Bonchev–Trinajstić information content (AvgIpc) is 3.03. The first-order valence-electron chi connectivity index (χ1n) is 7.16. The Morgan fingerprint density at radius 3 is 2.41 bits per heavy atom. The van der Waals surface area contributed by atoms with Crippen molar-refractivity contribution < 1.29 is 4.79 Å². The minimum Gasteiger partial charge on any atom is -0.302 e. The predicted octanol–water partition coefficient (Wildman–Crippen LogP) is 4.38. The number of carbonyl (C=O) groups is 1. The summed E-state index contributed by atoms with van der Waals surface area (Å²) >= 11 is 1.45. The van der Waals surface area contributed by atoms with Gasteiger partial charge in [-0.1, -0.05) is 60.7 Å². The average molecular weight is 308 g/mol. The minimum atomic E-state index is -0.00202. The van der Waals surface area contributed by atoms with E-state index in [1.54, 1.807) is 0 Å². The van der Waals surface area contributed by atoms with Gasteiger partial charge in [-0.25, -0.2) is 4.98 Å². The number of hydrogen-bond acceptors (Lipinski definition) is 3. The minimum absolute atomic E-state index is 0.00202. The second kappa shape index (κ2) is 7.00. The van der Waals surface area contributed by atoms with E-state index >= 15 is 0 Å². The summed E-state index contributed by atoms with van der Waals surface area (Å²) in [4.78, 5) is 16.4. The molecule has 1 amide bonds. The van der Waals surface area contributed by atoms with Crippen LogP contribution < -0.4 is 5.32 Å². The summed E-state index contributed by atoms with van der Waals surface area (Å²) in [7, 11) is 0. The van der Waals surface area contributed by atoms with Gasteiger partial charge in [-0.2, -0.15) is 0 Å². The van der Waals surface area contributed by atoms with Crippen LogP contribution in [0.5, 0.6) is 0 Å². The van der Waals surface area contributed by atoms with Crippen LogP contribution in [0.2, 0.25) is 0 Å². The molecule has 3 rings (SSSR count). The highest BCUT2D eigenvalue weighted by Crippen LogP contribution is 2.24. The van der Waals surface area contributed by atoms with Gasteiger partial charge in [0.2, 0.25) is 5.91 Å². The van der Waals surface area contributed by atoms with Crippen LogP contribution in [0.15, 0.2) is 66.0 Å². The molecule has 3 nitrogen and oxygen atoms in total. The number of anilines is 1. The fraction of sp³-hybridized carbons (Fsp3) is 0.111. The number of nitrogens with one attached hydrogen (secondary N) is 1. The molecule has 0 fully saturated rings. The number of hydrogen-bond donors (Lipinski definition) is 1. The van der Waals surface area contributed by atoms with Crippen LogP contribution in [0.3, 0.4) is 0 Å². The van der Waals surface area contributed by atoms with Crippen LogP contribution in [0.1, 0.15) is 12.0 Å². The maximum atomic E-state index is 12.0. The number of aromatic nitrogens is 1. The van der Waals surface area contributed by atoms with Crippen molar-refractivity contribution in [1.29, 1.82) is 0 Å². The lowest BCUT2D eigenvalue weighted by Crippen LogP contribution is -2.12. The highest BCUT2D eigenvalue weighted by molar-refractivity contribution is 7.14. The van der Waals surface area contributed by atoms with Crippen molar-refractivity contribution in [2.45, 2.75) is 12.8 Å². The molecule has 0 unspecified atom stereocenters. The fourth-order valence-electron chi connectivity index (χ4n) is 2.16. The van der Waals surface area contributed by atoms with E-state index in [1.165, 1.54) is 16.9 Å². The van der Waals surface area contributed by atoms with E-state index in [1.807, 2.05) is 66.0 Å². The van der Waals surface area contributed by atoms with Crippen LogP contribution in [0.25, 0.3) is 11.3 Å². The maximum absolute atomic E-state index is 12.0. The van der Waals surface area contributed by atoms with Crippen LogP contribution in [0, 0.1) is 0 Å². The van der Waals surface area contributed by atoms with Gasteiger partial charge in [0.25, 0.3) is 0 Å². The summed E-state index contributed by atoms with van der Waals surface area (Å²) in [5, 5.41) is 5.48. The number of benzene rings is 2. The molecule has 22 heavy (non-hydrogen) atoms. The van der Waals surface area contributed by atoms with Crippen LogP contribution >= 0.6 is 11.3 Å². The molecular weight excluding hydrogens is 292 g/mol. The number of rotatable bonds is 5. The molecule has 2 aromatic carbocycles. The summed E-state index contributed by atoms with van der Waals surface area (Å²) in [6, 6.07) is 20.0. The Morgan fingerprint density at radius 2 is 1.68 bits per heavy atom. The van der Waals surface area contributed by atoms with E-state index in [2.05, 4.69) is 10.3 Å². The van der Waals surface area contributed by atoms with E-state index in [0.29, 0.717) is 11.6 Å². The van der Waals surface area contributed by atoms with Crippen molar-refractivity contribution >= 4 is 22.4 Å². The molecule has 0 bridgehead atoms. The van der Waals surface area contributed by atoms with Gasteiger partial charge in [0.05, 0.1) is 5.69 Å². The lowest BCUT2D eigenvalue weighted by atomic mass is 10.1. The second-order valence-electron chi connectivity index (χ2n) is 4.94. The third-order valence-electron chi connectivity index (χ3n) is 3.30. The monoisotopic (exact) mass is 308 g/mol. The summed E-state index contributed by atoms with van der Waals surface area (Å²) < 4.78 is 0. The Kier molecular flexibility index (Phi) is 4.61. The molecule has 0 atom stereocenters. The Balaban J connectivity index is 1.57. The smallest absolute Gasteiger partial charge is 0.226 e. The largest absolute Gasteiger partial charge is 0.302 e. The van der Waals surface area contributed by atoms with Crippen molar-refractivity contribution in [3.8, 4) is 11.3 Å². The Bertz CT molecular complexity index is 738. The Hall–Kier alpha value is -2.46. The van der Waals surface area contributed by atoms with Crippen molar-refractivity contribution in [3.63, 3.8) is 0 Å². The number of amides is 1. The lowest BCUT2D eigenvalue weighted by molar-refractivity contribution is -0.116. The van der Waals surface area contributed by atoms with E-state index in [0.717, 1.165) is 17.7 Å². The molecule has 4 heteroatoms. The third kappa shape index (κ3) is 3.80. The maximum Gasteiger partial charge on any atom is 0.226 e. The normalized spacial score (nSPS) is 10.4. The number of nitrogens with zero attached hydrogens (tertiary/aromatic N) is 1. The highest BCUT2D eigenvalue weighted by atomic mass is 32.1. The quantitative estimate of drug-likeness (QED) is 0.760. The van der Waals surface area contributed by atoms with Crippen LogP contribution in [-0.2, 0) is 11.2 Å². The fourth-order valence-corrected chi connectivity index (χ4v) is 2.89. The van der Waals surface area contributed by atoms with Crippen LogP contribution in [0.4, 0.5) is 5.13 Å². The zero-order chi connectivity index (χ0) is 15.2. The summed E-state index contributed by atoms with van der Waals surface area (Å²) in [6.07, 6.45) is 1.20. The molecule has 1 aromatic heterocycles. The molecule has 3 aromatic rings. The predicted molar refractivity (Wildman–Crippen MR) is 90.9 cm³/mol. The van der Waals surface area contributed by atoms with Gasteiger partial charge < -0.3 is 5.32 Å². The van der Waals surface area contributed by atoms with Gasteiger partial charge in [-0.05, 0) is 12.0 Å². The van der Waals surface area contributed by atoms with E-state index in [-0.39, 0.29) is 5.91 Å². The molecule has 0 saturated carbocycles. The summed E-state index contributed by atoms with van der Waals surface area (Å²) in [6.45, 7) is 0. The van der Waals surface area contributed by atoms with E-state index in [4.69, 9.17) is 0 Å². The lowest BCUT2D eigenvalue weighted by Gasteiger charge is -2.02. The van der Waals surface area contributed by atoms with Crippen LogP contribution in [-0.4, -0.2) is 10.9 Å². The molecule has 0 aliphatic carbocycles. The number of thiazole rings is 1. The number of aryl methyl sites for hydroxylation is 1. The van der Waals surface area contributed by atoms with Gasteiger partial charge in [-0.15, -0.1) is 11.3 Å². The third-order valence-corrected chi connectivity index (χ3v) is 4.06. The number of carbonyl (C=O) groups excluding carboxylic acids is 1. The molecule has 0 aliphatic rings. The van der Waals surface area contributed by atoms with Gasteiger partial charge >= 0.3 is 0 Å². The highest BCUT2D eigenvalue weighted by Gasteiger charge is 2.08.